The number of carboxylic acids is 1. The summed E-state index contributed by atoms with van der Waals surface area (Å²) in [7, 11) is 0. The number of nitrogens with zero attached hydrogens (tertiary/aromatic N) is 1. The number of ether oxygens (including phenoxy) is 1. The number of piperidine rings is 1. The normalized spacial score (nSPS) is 24.0. The van der Waals surface area contributed by atoms with Crippen molar-refractivity contribution in [1.29, 1.82) is 0 Å². The molecule has 0 saturated carbocycles. The molecule has 1 aromatic rings. The number of rotatable bonds is 6. The van der Waals surface area contributed by atoms with Gasteiger partial charge in [-0.25, -0.2) is 4.79 Å². The molecule has 1 N–H and O–H groups in total. The molecule has 5 heteroatoms. The standard InChI is InChI=1S/C21H29NO4/c1-15-6-7-18(26-15)8-9-20(23)22-12-10-16(11-13-22)14-17-4-2-3-5-19(17)21(24)25/h2-5,15-16,18H,6-14H2,1H3,(H,24,25). The van der Waals surface area contributed by atoms with Crippen LogP contribution in [-0.4, -0.2) is 47.2 Å². The highest BCUT2D eigenvalue weighted by Gasteiger charge is 2.26. The van der Waals surface area contributed by atoms with E-state index in [2.05, 4.69) is 6.92 Å². The molecule has 1 aromatic carbocycles. The molecule has 0 spiro atoms. The van der Waals surface area contributed by atoms with E-state index in [4.69, 9.17) is 4.74 Å². The Morgan fingerprint density at radius 1 is 1.15 bits per heavy atom. The first kappa shape index (κ1) is 18.9. The fraction of sp³-hybridized carbons (Fsp3) is 0.619. The monoisotopic (exact) mass is 359 g/mol. The van der Waals surface area contributed by atoms with Gasteiger partial charge >= 0.3 is 5.97 Å². The lowest BCUT2D eigenvalue weighted by Crippen LogP contribution is -2.39. The summed E-state index contributed by atoms with van der Waals surface area (Å²) in [5.74, 6) is -0.187. The summed E-state index contributed by atoms with van der Waals surface area (Å²) >= 11 is 0. The number of amides is 1. The number of likely N-dealkylation sites (tertiary alicyclic amines) is 1. The van der Waals surface area contributed by atoms with Crippen LogP contribution in [-0.2, 0) is 16.0 Å². The highest BCUT2D eigenvalue weighted by atomic mass is 16.5. The van der Waals surface area contributed by atoms with Crippen LogP contribution in [0.15, 0.2) is 24.3 Å². The second-order valence-electron chi connectivity index (χ2n) is 7.68. The first-order valence-electron chi connectivity index (χ1n) is 9.77. The second-order valence-corrected chi connectivity index (χ2v) is 7.68. The fourth-order valence-electron chi connectivity index (χ4n) is 4.14. The molecule has 0 aromatic heterocycles. The van der Waals surface area contributed by atoms with E-state index >= 15 is 0 Å². The van der Waals surface area contributed by atoms with Crippen LogP contribution in [0, 0.1) is 5.92 Å². The minimum absolute atomic E-state index is 0.234. The van der Waals surface area contributed by atoms with Crippen molar-refractivity contribution in [2.75, 3.05) is 13.1 Å². The zero-order valence-corrected chi connectivity index (χ0v) is 15.5. The van der Waals surface area contributed by atoms with Gasteiger partial charge in [-0.2, -0.15) is 0 Å². The highest BCUT2D eigenvalue weighted by Crippen LogP contribution is 2.26. The summed E-state index contributed by atoms with van der Waals surface area (Å²) in [4.78, 5) is 25.8. The summed E-state index contributed by atoms with van der Waals surface area (Å²) in [5, 5.41) is 9.31. The number of carbonyl (C=O) groups is 2. The number of hydrogen-bond acceptors (Lipinski definition) is 3. The molecule has 0 aliphatic carbocycles. The van der Waals surface area contributed by atoms with Gasteiger partial charge in [-0.1, -0.05) is 18.2 Å². The Kier molecular flexibility index (Phi) is 6.30. The molecule has 2 unspecified atom stereocenters. The Hall–Kier alpha value is -1.88. The molecular weight excluding hydrogens is 330 g/mol. The summed E-state index contributed by atoms with van der Waals surface area (Å²) in [6.07, 6.45) is 6.81. The van der Waals surface area contributed by atoms with Crippen LogP contribution in [0.2, 0.25) is 0 Å². The number of aromatic carboxylic acids is 1. The van der Waals surface area contributed by atoms with Gasteiger partial charge in [-0.3, -0.25) is 4.79 Å². The lowest BCUT2D eigenvalue weighted by atomic mass is 9.88. The van der Waals surface area contributed by atoms with Crippen molar-refractivity contribution >= 4 is 11.9 Å². The van der Waals surface area contributed by atoms with Gasteiger partial charge in [-0.05, 0) is 63.0 Å². The minimum Gasteiger partial charge on any atom is -0.478 e. The van der Waals surface area contributed by atoms with Crippen molar-refractivity contribution in [2.45, 2.75) is 64.1 Å². The third kappa shape index (κ3) is 4.85. The van der Waals surface area contributed by atoms with Gasteiger partial charge < -0.3 is 14.7 Å². The SMILES string of the molecule is CC1CCC(CCC(=O)N2CCC(Cc3ccccc3C(=O)O)CC2)O1. The van der Waals surface area contributed by atoms with Crippen LogP contribution in [0.3, 0.4) is 0 Å². The number of carboxylic acid groups (broad SMARTS) is 1. The molecule has 26 heavy (non-hydrogen) atoms. The average Bonchev–Trinajstić information content (AvgIpc) is 3.06. The maximum Gasteiger partial charge on any atom is 0.335 e. The quantitative estimate of drug-likeness (QED) is 0.844. The van der Waals surface area contributed by atoms with E-state index in [0.29, 0.717) is 24.0 Å². The first-order valence-corrected chi connectivity index (χ1v) is 9.77. The zero-order chi connectivity index (χ0) is 18.5. The molecular formula is C21H29NO4. The van der Waals surface area contributed by atoms with Gasteiger partial charge in [0.2, 0.25) is 5.91 Å². The summed E-state index contributed by atoms with van der Waals surface area (Å²) in [6.45, 7) is 3.65. The molecule has 2 saturated heterocycles. The summed E-state index contributed by atoms with van der Waals surface area (Å²) in [5.41, 5.74) is 1.30. The van der Waals surface area contributed by atoms with Crippen LogP contribution >= 0.6 is 0 Å². The Balaban J connectivity index is 1.44. The van der Waals surface area contributed by atoms with Crippen molar-refractivity contribution in [3.05, 3.63) is 35.4 Å². The molecule has 142 valence electrons. The lowest BCUT2D eigenvalue weighted by Gasteiger charge is -2.32. The van der Waals surface area contributed by atoms with Gasteiger partial charge in [0.25, 0.3) is 0 Å². The van der Waals surface area contributed by atoms with Crippen molar-refractivity contribution in [2.24, 2.45) is 5.92 Å². The minimum atomic E-state index is -0.864. The lowest BCUT2D eigenvalue weighted by molar-refractivity contribution is -0.133. The van der Waals surface area contributed by atoms with Crippen LogP contribution < -0.4 is 0 Å². The van der Waals surface area contributed by atoms with E-state index in [-0.39, 0.29) is 12.0 Å². The van der Waals surface area contributed by atoms with E-state index in [1.165, 1.54) is 0 Å². The van der Waals surface area contributed by atoms with E-state index in [0.717, 1.165) is 57.2 Å². The smallest absolute Gasteiger partial charge is 0.335 e. The van der Waals surface area contributed by atoms with Gasteiger partial charge in [-0.15, -0.1) is 0 Å². The van der Waals surface area contributed by atoms with Crippen LogP contribution in [0.4, 0.5) is 0 Å². The molecule has 5 nitrogen and oxygen atoms in total. The molecule has 2 aliphatic heterocycles. The van der Waals surface area contributed by atoms with Gasteiger partial charge in [0, 0.05) is 19.5 Å². The average molecular weight is 359 g/mol. The predicted molar refractivity (Wildman–Crippen MR) is 99.2 cm³/mol. The zero-order valence-electron chi connectivity index (χ0n) is 15.5. The second kappa shape index (κ2) is 8.67. The Morgan fingerprint density at radius 2 is 1.88 bits per heavy atom. The maximum absolute atomic E-state index is 12.4. The van der Waals surface area contributed by atoms with E-state index in [1.807, 2.05) is 17.0 Å². The molecule has 3 rings (SSSR count). The molecule has 2 fully saturated rings. The van der Waals surface area contributed by atoms with Crippen molar-refractivity contribution in [3.63, 3.8) is 0 Å². The van der Waals surface area contributed by atoms with Crippen LogP contribution in [0.5, 0.6) is 0 Å². The van der Waals surface area contributed by atoms with Crippen LogP contribution in [0.1, 0.15) is 61.4 Å². The topological polar surface area (TPSA) is 66.8 Å². The van der Waals surface area contributed by atoms with E-state index in [9.17, 15) is 14.7 Å². The maximum atomic E-state index is 12.4. The first-order chi connectivity index (χ1) is 12.5. The third-order valence-electron chi connectivity index (χ3n) is 5.72. The summed E-state index contributed by atoms with van der Waals surface area (Å²) in [6, 6.07) is 7.24. The van der Waals surface area contributed by atoms with Crippen molar-refractivity contribution in [3.8, 4) is 0 Å². The Morgan fingerprint density at radius 3 is 2.54 bits per heavy atom. The molecule has 2 aliphatic rings. The number of hydrogen-bond donors (Lipinski definition) is 1. The summed E-state index contributed by atoms with van der Waals surface area (Å²) < 4.78 is 5.79. The fourth-order valence-corrected chi connectivity index (χ4v) is 4.14. The van der Waals surface area contributed by atoms with Gasteiger partial charge in [0.1, 0.15) is 0 Å². The number of benzene rings is 1. The molecule has 0 bridgehead atoms. The van der Waals surface area contributed by atoms with Crippen molar-refractivity contribution < 1.29 is 19.4 Å². The van der Waals surface area contributed by atoms with Crippen molar-refractivity contribution in [1.82, 2.24) is 4.90 Å². The molecule has 0 radical (unpaired) electrons. The van der Waals surface area contributed by atoms with E-state index < -0.39 is 5.97 Å². The number of carbonyl (C=O) groups excluding carboxylic acids is 1. The third-order valence-corrected chi connectivity index (χ3v) is 5.72. The Bertz CT molecular complexity index is 637. The van der Waals surface area contributed by atoms with E-state index in [1.54, 1.807) is 12.1 Å². The van der Waals surface area contributed by atoms with Crippen LogP contribution in [0.25, 0.3) is 0 Å². The Labute approximate surface area is 155 Å². The largest absolute Gasteiger partial charge is 0.478 e. The molecule has 2 atom stereocenters. The molecule has 1 amide bonds. The molecule has 2 heterocycles. The van der Waals surface area contributed by atoms with Gasteiger partial charge in [0.15, 0.2) is 0 Å². The van der Waals surface area contributed by atoms with Gasteiger partial charge in [0.05, 0.1) is 17.8 Å². The predicted octanol–water partition coefficient (Wildman–Crippen LogP) is 3.51. The highest BCUT2D eigenvalue weighted by molar-refractivity contribution is 5.89.